The van der Waals surface area contributed by atoms with Crippen LogP contribution in [0.1, 0.15) is 10.4 Å². The van der Waals surface area contributed by atoms with Crippen LogP contribution in [0.25, 0.3) is 0 Å². The average molecular weight is 410 g/mol. The van der Waals surface area contributed by atoms with Crippen molar-refractivity contribution in [1.29, 1.82) is 0 Å². The Morgan fingerprint density at radius 3 is 2.67 bits per heavy atom. The lowest BCUT2D eigenvalue weighted by atomic mass is 10.3. The zero-order valence-corrected chi connectivity index (χ0v) is 15.4. The summed E-state index contributed by atoms with van der Waals surface area (Å²) in [4.78, 5) is 1.01. The van der Waals surface area contributed by atoms with Crippen molar-refractivity contribution in [3.8, 4) is 0 Å². The van der Waals surface area contributed by atoms with E-state index < -0.39 is 10.0 Å². The maximum Gasteiger partial charge on any atom is 0.271 e. The molecule has 0 bridgehead atoms. The molecular weight excluding hydrogens is 396 g/mol. The normalized spacial score (nSPS) is 11.6. The van der Waals surface area contributed by atoms with E-state index in [0.717, 1.165) is 14.9 Å². The highest BCUT2D eigenvalue weighted by molar-refractivity contribution is 9.10. The van der Waals surface area contributed by atoms with Crippen molar-refractivity contribution in [2.75, 3.05) is 11.8 Å². The van der Waals surface area contributed by atoms with Gasteiger partial charge in [0.25, 0.3) is 10.0 Å². The third-order valence-electron chi connectivity index (χ3n) is 2.77. The third-order valence-corrected chi connectivity index (χ3v) is 7.10. The molecule has 2 aromatic rings. The van der Waals surface area contributed by atoms with Crippen molar-refractivity contribution < 1.29 is 8.42 Å². The quantitative estimate of drug-likeness (QED) is 0.785. The fraction of sp³-hybridized carbons (Fsp3) is 0.231. The van der Waals surface area contributed by atoms with Crippen LogP contribution in [0, 0.1) is 6.92 Å². The van der Waals surface area contributed by atoms with Crippen LogP contribution in [0.3, 0.4) is 0 Å². The molecule has 4 nitrogen and oxygen atoms in total. The largest absolute Gasteiger partial charge is 0.315 e. The van der Waals surface area contributed by atoms with E-state index in [9.17, 15) is 8.42 Å². The fourth-order valence-corrected chi connectivity index (χ4v) is 4.80. The molecule has 0 aliphatic heterocycles. The van der Waals surface area contributed by atoms with Gasteiger partial charge in [-0.25, -0.2) is 8.42 Å². The molecule has 21 heavy (non-hydrogen) atoms. The third kappa shape index (κ3) is 3.98. The lowest BCUT2D eigenvalue weighted by molar-refractivity contribution is 0.603. The van der Waals surface area contributed by atoms with Crippen molar-refractivity contribution in [3.05, 3.63) is 44.2 Å². The zero-order chi connectivity index (χ0) is 15.6. The highest BCUT2D eigenvalue weighted by Gasteiger charge is 2.19. The summed E-state index contributed by atoms with van der Waals surface area (Å²) in [5, 5.41) is 3.48. The molecule has 0 aliphatic carbocycles. The number of anilines is 1. The van der Waals surface area contributed by atoms with Gasteiger partial charge in [-0.15, -0.1) is 11.3 Å². The van der Waals surface area contributed by atoms with Crippen molar-refractivity contribution in [1.82, 2.24) is 5.32 Å². The number of hydrogen-bond donors (Lipinski definition) is 2. The molecule has 1 heterocycles. The molecule has 1 aromatic carbocycles. The monoisotopic (exact) mass is 408 g/mol. The van der Waals surface area contributed by atoms with Crippen molar-refractivity contribution >= 4 is 54.6 Å². The molecule has 0 radical (unpaired) electrons. The minimum Gasteiger partial charge on any atom is -0.315 e. The SMILES string of the molecule is CNCc1sc(S(=O)(=O)Nc2ccc(Br)c(Cl)c2)cc1C. The molecule has 8 heteroatoms. The molecule has 0 spiro atoms. The molecule has 0 unspecified atom stereocenters. The average Bonchev–Trinajstić information content (AvgIpc) is 2.77. The standard InChI is InChI=1S/C13H14BrClN2O2S2/c1-8-5-13(20-12(8)7-16-2)21(18,19)17-9-3-4-10(14)11(15)6-9/h3-6,16-17H,7H2,1-2H3. The predicted octanol–water partition coefficient (Wildman–Crippen LogP) is 3.99. The van der Waals surface area contributed by atoms with Crippen LogP contribution in [-0.4, -0.2) is 15.5 Å². The topological polar surface area (TPSA) is 58.2 Å². The maximum absolute atomic E-state index is 12.4. The number of rotatable bonds is 5. The van der Waals surface area contributed by atoms with Gasteiger partial charge in [-0.1, -0.05) is 11.6 Å². The number of hydrogen-bond acceptors (Lipinski definition) is 4. The van der Waals surface area contributed by atoms with Gasteiger partial charge in [0.2, 0.25) is 0 Å². The lowest BCUT2D eigenvalue weighted by Gasteiger charge is -2.07. The summed E-state index contributed by atoms with van der Waals surface area (Å²) < 4.78 is 28.3. The van der Waals surface area contributed by atoms with E-state index in [1.165, 1.54) is 11.3 Å². The van der Waals surface area contributed by atoms with E-state index in [2.05, 4.69) is 26.0 Å². The molecule has 1 aromatic heterocycles. The summed E-state index contributed by atoms with van der Waals surface area (Å²) >= 11 is 10.5. The summed E-state index contributed by atoms with van der Waals surface area (Å²) in [5.41, 5.74) is 1.40. The Bertz CT molecular complexity index is 760. The number of nitrogens with one attached hydrogen (secondary N) is 2. The van der Waals surface area contributed by atoms with Gasteiger partial charge < -0.3 is 5.32 Å². The second-order valence-electron chi connectivity index (χ2n) is 4.44. The first-order valence-corrected chi connectivity index (χ1v) is 9.52. The first-order valence-electron chi connectivity index (χ1n) is 6.05. The fourth-order valence-electron chi connectivity index (χ4n) is 1.72. The lowest BCUT2D eigenvalue weighted by Crippen LogP contribution is -2.11. The van der Waals surface area contributed by atoms with E-state index >= 15 is 0 Å². The molecule has 0 fully saturated rings. The van der Waals surface area contributed by atoms with Gasteiger partial charge in [-0.05, 0) is 59.7 Å². The van der Waals surface area contributed by atoms with Crippen LogP contribution < -0.4 is 10.0 Å². The van der Waals surface area contributed by atoms with Crippen LogP contribution >= 0.6 is 38.9 Å². The zero-order valence-electron chi connectivity index (χ0n) is 11.4. The number of halogens is 2. The van der Waals surface area contributed by atoms with E-state index in [1.807, 2.05) is 14.0 Å². The van der Waals surface area contributed by atoms with Crippen LogP contribution in [0.5, 0.6) is 0 Å². The molecule has 114 valence electrons. The second kappa shape index (κ2) is 6.66. The van der Waals surface area contributed by atoms with E-state index in [-0.39, 0.29) is 0 Å². The Morgan fingerprint density at radius 2 is 2.05 bits per heavy atom. The smallest absolute Gasteiger partial charge is 0.271 e. The molecule has 0 aliphatic rings. The van der Waals surface area contributed by atoms with Gasteiger partial charge in [0.1, 0.15) is 4.21 Å². The Labute approximate surface area is 141 Å². The number of benzene rings is 1. The van der Waals surface area contributed by atoms with Crippen molar-refractivity contribution in [2.45, 2.75) is 17.7 Å². The van der Waals surface area contributed by atoms with Gasteiger partial charge in [-0.2, -0.15) is 0 Å². The van der Waals surface area contributed by atoms with Crippen LogP contribution in [0.15, 0.2) is 32.9 Å². The molecule has 0 atom stereocenters. The molecule has 2 N–H and O–H groups in total. The molecule has 2 rings (SSSR count). The molecule has 0 saturated heterocycles. The molecule has 0 saturated carbocycles. The van der Waals surface area contributed by atoms with Gasteiger partial charge >= 0.3 is 0 Å². The second-order valence-corrected chi connectivity index (χ2v) is 8.74. The molecular formula is C13H14BrClN2O2S2. The highest BCUT2D eigenvalue weighted by atomic mass is 79.9. The summed E-state index contributed by atoms with van der Waals surface area (Å²) in [6.45, 7) is 2.55. The minimum atomic E-state index is -3.60. The van der Waals surface area contributed by atoms with Gasteiger partial charge in [0, 0.05) is 15.9 Å². The summed E-state index contributed by atoms with van der Waals surface area (Å²) in [5.74, 6) is 0. The Morgan fingerprint density at radius 1 is 1.33 bits per heavy atom. The Hall–Kier alpha value is -0.600. The first-order chi connectivity index (χ1) is 9.83. The Balaban J connectivity index is 2.29. The van der Waals surface area contributed by atoms with E-state index in [4.69, 9.17) is 11.6 Å². The summed E-state index contributed by atoms with van der Waals surface area (Å²) in [6.07, 6.45) is 0. The number of sulfonamides is 1. The number of thiophene rings is 1. The van der Waals surface area contributed by atoms with Gasteiger partial charge in [0.05, 0.1) is 10.7 Å². The highest BCUT2D eigenvalue weighted by Crippen LogP contribution is 2.30. The minimum absolute atomic E-state index is 0.296. The van der Waals surface area contributed by atoms with Crippen molar-refractivity contribution in [2.24, 2.45) is 0 Å². The number of aryl methyl sites for hydroxylation is 1. The van der Waals surface area contributed by atoms with Crippen molar-refractivity contribution in [3.63, 3.8) is 0 Å². The van der Waals surface area contributed by atoms with Gasteiger partial charge in [-0.3, -0.25) is 4.72 Å². The van der Waals surface area contributed by atoms with Crippen LogP contribution in [0.2, 0.25) is 5.02 Å². The van der Waals surface area contributed by atoms with Gasteiger partial charge in [0.15, 0.2) is 0 Å². The first kappa shape index (κ1) is 16.8. The van der Waals surface area contributed by atoms with Crippen LogP contribution in [-0.2, 0) is 16.6 Å². The molecule has 0 amide bonds. The van der Waals surface area contributed by atoms with E-state index in [0.29, 0.717) is 21.5 Å². The predicted molar refractivity (Wildman–Crippen MR) is 91.8 cm³/mol. The van der Waals surface area contributed by atoms with Crippen LogP contribution in [0.4, 0.5) is 5.69 Å². The maximum atomic E-state index is 12.4. The Kier molecular flexibility index (Phi) is 5.32. The summed E-state index contributed by atoms with van der Waals surface area (Å²) in [6, 6.07) is 6.60. The van der Waals surface area contributed by atoms with E-state index in [1.54, 1.807) is 24.3 Å². The summed E-state index contributed by atoms with van der Waals surface area (Å²) in [7, 11) is -1.77.